The van der Waals surface area contributed by atoms with Crippen LogP contribution in [0.15, 0.2) is 91.0 Å². The molecule has 47 heavy (non-hydrogen) atoms. The van der Waals surface area contributed by atoms with Gasteiger partial charge in [0.2, 0.25) is 0 Å². The highest BCUT2D eigenvalue weighted by Crippen LogP contribution is 2.30. The van der Waals surface area contributed by atoms with Crippen LogP contribution in [0.4, 0.5) is 0 Å². The summed E-state index contributed by atoms with van der Waals surface area (Å²) in [6, 6.07) is 28.2. The lowest BCUT2D eigenvalue weighted by Crippen LogP contribution is -2.35. The summed E-state index contributed by atoms with van der Waals surface area (Å²) in [7, 11) is 1.58. The Labute approximate surface area is 277 Å². The molecule has 0 unspecified atom stereocenters. The van der Waals surface area contributed by atoms with Gasteiger partial charge in [-0.2, -0.15) is 0 Å². The van der Waals surface area contributed by atoms with Crippen molar-refractivity contribution < 1.29 is 29.0 Å². The molecule has 0 atom stereocenters. The van der Waals surface area contributed by atoms with E-state index in [-0.39, 0.29) is 36.7 Å². The maximum absolute atomic E-state index is 14.1. The Hall–Kier alpha value is -5.11. The molecule has 4 rings (SSSR count). The Morgan fingerprint density at radius 1 is 0.787 bits per heavy atom. The van der Waals surface area contributed by atoms with Gasteiger partial charge in [-0.05, 0) is 70.8 Å². The van der Waals surface area contributed by atoms with Crippen molar-refractivity contribution in [2.45, 2.75) is 52.5 Å². The number of hydrogen-bond acceptors (Lipinski definition) is 5. The van der Waals surface area contributed by atoms with Gasteiger partial charge in [0.15, 0.2) is 11.5 Å². The predicted molar refractivity (Wildman–Crippen MR) is 184 cm³/mol. The van der Waals surface area contributed by atoms with Gasteiger partial charge in [-0.3, -0.25) is 14.4 Å². The average Bonchev–Trinajstić information content (AvgIpc) is 3.07. The zero-order chi connectivity index (χ0) is 34.0. The average molecular weight is 637 g/mol. The third-order valence-corrected chi connectivity index (χ3v) is 7.97. The van der Waals surface area contributed by atoms with Crippen LogP contribution >= 0.6 is 0 Å². The first kappa shape index (κ1) is 34.8. The molecule has 0 saturated carbocycles. The Morgan fingerprint density at radius 3 is 2.02 bits per heavy atom. The number of aliphatic carboxylic acids is 1. The standard InChI is InChI=1S/C39H44N2O6/c1-6-47-35-25-27(17-20-34(35)46-5)21-23-41(24-22-36(42)43)38(45)33-14-10-8-12-31(33)30-11-7-9-13-32(30)37(44)40-26-28-15-18-29(19-16-28)39(2,3)4/h7-20,25H,6,21-24,26H2,1-5H3,(H,40,44)(H,42,43). The fourth-order valence-electron chi connectivity index (χ4n) is 5.35. The molecular formula is C39H44N2O6. The molecule has 0 aromatic heterocycles. The zero-order valence-corrected chi connectivity index (χ0v) is 27.8. The summed E-state index contributed by atoms with van der Waals surface area (Å²) in [5.41, 5.74) is 5.21. The van der Waals surface area contributed by atoms with Crippen LogP contribution in [-0.2, 0) is 23.2 Å². The third kappa shape index (κ3) is 9.22. The molecule has 246 valence electrons. The number of hydrogen-bond donors (Lipinski definition) is 2. The largest absolute Gasteiger partial charge is 0.493 e. The van der Waals surface area contributed by atoms with E-state index in [9.17, 15) is 19.5 Å². The number of methoxy groups -OCH3 is 1. The van der Waals surface area contributed by atoms with Crippen molar-refractivity contribution in [3.63, 3.8) is 0 Å². The summed E-state index contributed by atoms with van der Waals surface area (Å²) in [4.78, 5) is 40.7. The van der Waals surface area contributed by atoms with E-state index in [4.69, 9.17) is 9.47 Å². The molecule has 0 bridgehead atoms. The van der Waals surface area contributed by atoms with E-state index in [1.54, 1.807) is 36.3 Å². The van der Waals surface area contributed by atoms with E-state index < -0.39 is 5.97 Å². The lowest BCUT2D eigenvalue weighted by atomic mass is 9.87. The molecule has 4 aromatic carbocycles. The molecular weight excluding hydrogens is 592 g/mol. The highest BCUT2D eigenvalue weighted by Gasteiger charge is 2.23. The quantitative estimate of drug-likeness (QED) is 0.152. The molecule has 0 heterocycles. The van der Waals surface area contributed by atoms with Crippen LogP contribution in [0.25, 0.3) is 11.1 Å². The van der Waals surface area contributed by atoms with Crippen LogP contribution in [0, 0.1) is 0 Å². The van der Waals surface area contributed by atoms with Gasteiger partial charge in [0, 0.05) is 30.8 Å². The number of carboxylic acids is 1. The fourth-order valence-corrected chi connectivity index (χ4v) is 5.35. The molecule has 8 nitrogen and oxygen atoms in total. The molecule has 0 aliphatic carbocycles. The van der Waals surface area contributed by atoms with Crippen LogP contribution in [0.3, 0.4) is 0 Å². The molecule has 4 aromatic rings. The molecule has 0 saturated heterocycles. The number of carboxylic acid groups (broad SMARTS) is 1. The van der Waals surface area contributed by atoms with E-state index in [1.165, 1.54) is 5.56 Å². The van der Waals surface area contributed by atoms with Gasteiger partial charge >= 0.3 is 5.97 Å². The van der Waals surface area contributed by atoms with Crippen LogP contribution in [0.2, 0.25) is 0 Å². The smallest absolute Gasteiger partial charge is 0.305 e. The zero-order valence-electron chi connectivity index (χ0n) is 27.8. The summed E-state index contributed by atoms with van der Waals surface area (Å²) >= 11 is 0. The van der Waals surface area contributed by atoms with Crippen molar-refractivity contribution in [2.24, 2.45) is 0 Å². The van der Waals surface area contributed by atoms with Crippen molar-refractivity contribution in [3.8, 4) is 22.6 Å². The van der Waals surface area contributed by atoms with Crippen LogP contribution in [-0.4, -0.2) is 54.6 Å². The molecule has 0 fully saturated rings. The maximum Gasteiger partial charge on any atom is 0.305 e. The summed E-state index contributed by atoms with van der Waals surface area (Å²) in [5.74, 6) is -0.332. The van der Waals surface area contributed by atoms with Gasteiger partial charge in [0.05, 0.1) is 20.1 Å². The molecule has 0 spiro atoms. The van der Waals surface area contributed by atoms with Crippen LogP contribution in [0.1, 0.15) is 71.5 Å². The minimum Gasteiger partial charge on any atom is -0.493 e. The van der Waals surface area contributed by atoms with E-state index in [0.29, 0.717) is 53.3 Å². The Bertz CT molecular complexity index is 1690. The summed E-state index contributed by atoms with van der Waals surface area (Å²) in [5, 5.41) is 12.5. The number of nitrogens with zero attached hydrogens (tertiary/aromatic N) is 1. The first-order valence-electron chi connectivity index (χ1n) is 15.9. The number of carbonyl (C=O) groups excluding carboxylic acids is 2. The van der Waals surface area contributed by atoms with Crippen molar-refractivity contribution >= 4 is 17.8 Å². The number of ether oxygens (including phenoxy) is 2. The summed E-state index contributed by atoms with van der Waals surface area (Å²) in [6.45, 7) is 9.53. The fraction of sp³-hybridized carbons (Fsp3) is 0.308. The lowest BCUT2D eigenvalue weighted by Gasteiger charge is -2.24. The topological polar surface area (TPSA) is 105 Å². The van der Waals surface area contributed by atoms with Crippen molar-refractivity contribution in [1.82, 2.24) is 10.2 Å². The second kappa shape index (κ2) is 15.9. The minimum absolute atomic E-state index is 0.0348. The van der Waals surface area contributed by atoms with Crippen LogP contribution in [0.5, 0.6) is 11.5 Å². The number of benzene rings is 4. The van der Waals surface area contributed by atoms with Gasteiger partial charge in [-0.25, -0.2) is 0 Å². The number of rotatable bonds is 14. The highest BCUT2D eigenvalue weighted by molar-refractivity contribution is 6.06. The van der Waals surface area contributed by atoms with Gasteiger partial charge in [0.25, 0.3) is 11.8 Å². The monoisotopic (exact) mass is 636 g/mol. The maximum atomic E-state index is 14.1. The Morgan fingerprint density at radius 2 is 1.40 bits per heavy atom. The summed E-state index contributed by atoms with van der Waals surface area (Å²) in [6.07, 6.45) is 0.282. The number of nitrogens with one attached hydrogen (secondary N) is 1. The lowest BCUT2D eigenvalue weighted by molar-refractivity contribution is -0.137. The van der Waals surface area contributed by atoms with Gasteiger partial charge in [-0.1, -0.05) is 87.5 Å². The van der Waals surface area contributed by atoms with Crippen molar-refractivity contribution in [1.29, 1.82) is 0 Å². The predicted octanol–water partition coefficient (Wildman–Crippen LogP) is 7.15. The molecule has 0 radical (unpaired) electrons. The molecule has 0 aliphatic heterocycles. The first-order valence-corrected chi connectivity index (χ1v) is 15.9. The Kier molecular flexibility index (Phi) is 11.8. The van der Waals surface area contributed by atoms with Gasteiger partial charge in [-0.15, -0.1) is 0 Å². The van der Waals surface area contributed by atoms with Crippen LogP contribution < -0.4 is 14.8 Å². The molecule has 2 amide bonds. The Balaban J connectivity index is 1.58. The first-order chi connectivity index (χ1) is 22.5. The van der Waals surface area contributed by atoms with E-state index >= 15 is 0 Å². The number of carbonyl (C=O) groups is 3. The van der Waals surface area contributed by atoms with Crippen molar-refractivity contribution in [2.75, 3.05) is 26.8 Å². The van der Waals surface area contributed by atoms with E-state index in [1.807, 2.05) is 61.5 Å². The number of amides is 2. The normalized spacial score (nSPS) is 11.1. The second-order valence-electron chi connectivity index (χ2n) is 12.3. The molecule has 8 heteroatoms. The van der Waals surface area contributed by atoms with Gasteiger partial charge < -0.3 is 24.8 Å². The molecule has 2 N–H and O–H groups in total. The minimum atomic E-state index is -0.991. The molecule has 0 aliphatic rings. The second-order valence-corrected chi connectivity index (χ2v) is 12.3. The summed E-state index contributed by atoms with van der Waals surface area (Å²) < 4.78 is 11.1. The van der Waals surface area contributed by atoms with Gasteiger partial charge in [0.1, 0.15) is 0 Å². The van der Waals surface area contributed by atoms with Crippen molar-refractivity contribution in [3.05, 3.63) is 119 Å². The third-order valence-electron chi connectivity index (χ3n) is 7.97. The van der Waals surface area contributed by atoms with E-state index in [0.717, 1.165) is 11.1 Å². The van der Waals surface area contributed by atoms with E-state index in [2.05, 4.69) is 38.2 Å². The highest BCUT2D eigenvalue weighted by atomic mass is 16.5. The SMILES string of the molecule is CCOc1cc(CCN(CCC(=O)O)C(=O)c2ccccc2-c2ccccc2C(=O)NCc2ccc(C(C)(C)C)cc2)ccc1OC.